The Bertz CT molecular complexity index is 290. The molecule has 0 bridgehead atoms. The summed E-state index contributed by atoms with van der Waals surface area (Å²) in [5.41, 5.74) is 5.65. The van der Waals surface area contributed by atoms with Gasteiger partial charge >= 0.3 is 0 Å². The molecule has 0 heterocycles. The zero-order valence-electron chi connectivity index (χ0n) is 9.49. The summed E-state index contributed by atoms with van der Waals surface area (Å²) in [6.07, 6.45) is 1.04. The number of hydrogen-bond acceptors (Lipinski definition) is 3. The van der Waals surface area contributed by atoms with E-state index in [4.69, 9.17) is 22.1 Å². The number of rotatable bonds is 7. The average Bonchev–Trinajstić information content (AvgIpc) is 2.25. The number of benzene rings is 1. The summed E-state index contributed by atoms with van der Waals surface area (Å²) < 4.78 is 5.56. The minimum absolute atomic E-state index is 0.280. The van der Waals surface area contributed by atoms with E-state index in [1.54, 1.807) is 0 Å². The van der Waals surface area contributed by atoms with Gasteiger partial charge in [0.15, 0.2) is 0 Å². The van der Waals surface area contributed by atoms with Crippen LogP contribution in [0.15, 0.2) is 24.3 Å². The van der Waals surface area contributed by atoms with Crippen molar-refractivity contribution in [2.24, 2.45) is 5.73 Å². The molecule has 0 saturated heterocycles. The third kappa shape index (κ3) is 6.26. The molecule has 0 aliphatic heterocycles. The van der Waals surface area contributed by atoms with Crippen LogP contribution in [-0.2, 0) is 0 Å². The van der Waals surface area contributed by atoms with Crippen LogP contribution in [0.5, 0.6) is 5.75 Å². The summed E-state index contributed by atoms with van der Waals surface area (Å²) >= 11 is 7.65. The van der Waals surface area contributed by atoms with Crippen LogP contribution in [0.1, 0.15) is 13.3 Å². The maximum absolute atomic E-state index is 5.77. The molecule has 0 spiro atoms. The first-order chi connectivity index (χ1) is 7.68. The van der Waals surface area contributed by atoms with Gasteiger partial charge in [0, 0.05) is 16.8 Å². The maximum atomic E-state index is 5.77. The Morgan fingerprint density at radius 3 is 2.69 bits per heavy atom. The van der Waals surface area contributed by atoms with Crippen LogP contribution < -0.4 is 10.5 Å². The number of thioether (sulfide) groups is 1. The molecule has 4 heteroatoms. The molecule has 0 radical (unpaired) electrons. The third-order valence-electron chi connectivity index (χ3n) is 1.90. The first-order valence-electron chi connectivity index (χ1n) is 5.40. The Labute approximate surface area is 107 Å². The molecule has 1 atom stereocenters. The number of halogens is 1. The predicted molar refractivity (Wildman–Crippen MR) is 72.5 cm³/mol. The van der Waals surface area contributed by atoms with Gasteiger partial charge in [-0.1, -0.05) is 11.6 Å². The first kappa shape index (κ1) is 13.7. The molecule has 1 aromatic rings. The average molecular weight is 260 g/mol. The molecule has 0 aliphatic rings. The molecule has 1 unspecified atom stereocenters. The molecule has 90 valence electrons. The van der Waals surface area contributed by atoms with Gasteiger partial charge in [0.05, 0.1) is 6.61 Å². The fourth-order valence-corrected chi connectivity index (χ4v) is 2.14. The maximum Gasteiger partial charge on any atom is 0.119 e. The second-order valence-electron chi connectivity index (χ2n) is 3.71. The van der Waals surface area contributed by atoms with E-state index < -0.39 is 0 Å². The smallest absolute Gasteiger partial charge is 0.119 e. The first-order valence-corrected chi connectivity index (χ1v) is 6.93. The van der Waals surface area contributed by atoms with Gasteiger partial charge in [-0.15, -0.1) is 0 Å². The van der Waals surface area contributed by atoms with Gasteiger partial charge in [-0.3, -0.25) is 0 Å². The highest BCUT2D eigenvalue weighted by atomic mass is 35.5. The van der Waals surface area contributed by atoms with Crippen LogP contribution in [0.4, 0.5) is 0 Å². The van der Waals surface area contributed by atoms with Gasteiger partial charge in [-0.2, -0.15) is 11.8 Å². The fraction of sp³-hybridized carbons (Fsp3) is 0.500. The molecule has 2 nitrogen and oxygen atoms in total. The van der Waals surface area contributed by atoms with Crippen molar-refractivity contribution >= 4 is 23.4 Å². The second kappa shape index (κ2) is 7.82. The van der Waals surface area contributed by atoms with Crippen molar-refractivity contribution in [1.82, 2.24) is 0 Å². The summed E-state index contributed by atoms with van der Waals surface area (Å²) in [5.74, 6) is 2.98. The van der Waals surface area contributed by atoms with Crippen LogP contribution in [0.2, 0.25) is 5.02 Å². The van der Waals surface area contributed by atoms with Crippen molar-refractivity contribution in [3.05, 3.63) is 29.3 Å². The van der Waals surface area contributed by atoms with E-state index in [1.165, 1.54) is 0 Å². The number of nitrogens with two attached hydrogens (primary N) is 1. The van der Waals surface area contributed by atoms with Crippen LogP contribution in [0.3, 0.4) is 0 Å². The molecular weight excluding hydrogens is 242 g/mol. The van der Waals surface area contributed by atoms with Gasteiger partial charge < -0.3 is 10.5 Å². The van der Waals surface area contributed by atoms with Crippen LogP contribution >= 0.6 is 23.4 Å². The molecule has 0 fully saturated rings. The lowest BCUT2D eigenvalue weighted by Crippen LogP contribution is -2.17. The standard InChI is InChI=1S/C12H18ClNOS/c1-10(14)9-16-8-2-7-15-12-5-3-11(13)4-6-12/h3-6,10H,2,7-9,14H2,1H3. The SMILES string of the molecule is CC(N)CSCCCOc1ccc(Cl)cc1. The largest absolute Gasteiger partial charge is 0.494 e. The summed E-state index contributed by atoms with van der Waals surface area (Å²) in [7, 11) is 0. The summed E-state index contributed by atoms with van der Waals surface area (Å²) in [6, 6.07) is 7.72. The van der Waals surface area contributed by atoms with E-state index in [2.05, 4.69) is 0 Å². The van der Waals surface area contributed by atoms with Crippen molar-refractivity contribution in [3.8, 4) is 5.75 Å². The summed E-state index contributed by atoms with van der Waals surface area (Å²) in [4.78, 5) is 0. The van der Waals surface area contributed by atoms with Crippen LogP contribution in [0.25, 0.3) is 0 Å². The monoisotopic (exact) mass is 259 g/mol. The Balaban J connectivity index is 2.05. The molecule has 16 heavy (non-hydrogen) atoms. The van der Waals surface area contributed by atoms with Crippen LogP contribution in [-0.4, -0.2) is 24.2 Å². The minimum atomic E-state index is 0.280. The minimum Gasteiger partial charge on any atom is -0.494 e. The van der Waals surface area contributed by atoms with Gasteiger partial charge in [-0.05, 0) is 43.4 Å². The topological polar surface area (TPSA) is 35.2 Å². The quantitative estimate of drug-likeness (QED) is 0.764. The van der Waals surface area contributed by atoms with Crippen molar-refractivity contribution in [2.45, 2.75) is 19.4 Å². The lowest BCUT2D eigenvalue weighted by Gasteiger charge is -2.07. The lowest BCUT2D eigenvalue weighted by atomic mass is 10.3. The molecule has 1 aromatic carbocycles. The van der Waals surface area contributed by atoms with Crippen molar-refractivity contribution < 1.29 is 4.74 Å². The molecule has 0 aromatic heterocycles. The van der Waals surface area contributed by atoms with Gasteiger partial charge in [0.1, 0.15) is 5.75 Å². The highest BCUT2D eigenvalue weighted by molar-refractivity contribution is 7.99. The number of hydrogen-bond donors (Lipinski definition) is 1. The lowest BCUT2D eigenvalue weighted by molar-refractivity contribution is 0.318. The Kier molecular flexibility index (Phi) is 6.69. The van der Waals surface area contributed by atoms with Gasteiger partial charge in [0.25, 0.3) is 0 Å². The summed E-state index contributed by atoms with van der Waals surface area (Å²) in [6.45, 7) is 2.77. The molecule has 0 aliphatic carbocycles. The molecular formula is C12H18ClNOS. The second-order valence-corrected chi connectivity index (χ2v) is 5.29. The van der Waals surface area contributed by atoms with Crippen LogP contribution in [0, 0.1) is 0 Å². The third-order valence-corrected chi connectivity index (χ3v) is 3.49. The van der Waals surface area contributed by atoms with E-state index in [-0.39, 0.29) is 6.04 Å². The van der Waals surface area contributed by atoms with E-state index in [9.17, 15) is 0 Å². The van der Waals surface area contributed by atoms with Crippen molar-refractivity contribution in [3.63, 3.8) is 0 Å². The highest BCUT2D eigenvalue weighted by Crippen LogP contribution is 2.15. The summed E-state index contributed by atoms with van der Waals surface area (Å²) in [5, 5.41) is 0.736. The normalized spacial score (nSPS) is 12.4. The Hall–Kier alpha value is -0.380. The predicted octanol–water partition coefficient (Wildman–Crippen LogP) is 3.19. The highest BCUT2D eigenvalue weighted by Gasteiger charge is 1.96. The molecule has 0 amide bonds. The number of ether oxygens (including phenoxy) is 1. The van der Waals surface area contributed by atoms with Crippen molar-refractivity contribution in [2.75, 3.05) is 18.1 Å². The van der Waals surface area contributed by atoms with Crippen molar-refractivity contribution in [1.29, 1.82) is 0 Å². The molecule has 1 rings (SSSR count). The Morgan fingerprint density at radius 2 is 2.06 bits per heavy atom. The zero-order chi connectivity index (χ0) is 11.8. The van der Waals surface area contributed by atoms with E-state index in [0.717, 1.165) is 35.3 Å². The molecule has 0 saturated carbocycles. The van der Waals surface area contributed by atoms with Gasteiger partial charge in [-0.25, -0.2) is 0 Å². The van der Waals surface area contributed by atoms with E-state index >= 15 is 0 Å². The Morgan fingerprint density at radius 1 is 1.38 bits per heavy atom. The van der Waals surface area contributed by atoms with E-state index in [0.29, 0.717) is 0 Å². The zero-order valence-corrected chi connectivity index (χ0v) is 11.1. The molecule has 2 N–H and O–H groups in total. The fourth-order valence-electron chi connectivity index (χ4n) is 1.15. The van der Waals surface area contributed by atoms with Gasteiger partial charge in [0.2, 0.25) is 0 Å². The van der Waals surface area contributed by atoms with E-state index in [1.807, 2.05) is 43.0 Å².